The third kappa shape index (κ3) is 49.0. The van der Waals surface area contributed by atoms with Crippen LogP contribution in [0.3, 0.4) is 0 Å². The SMILES string of the molecule is CC/C=C\C/C=C\C/C=C\C/C=C\C/C=C\CCCCCC(=O)OCC(COC(=O)CCCCCCC/C=C\CCCC)OC(=O)CCCCCCC/C=C\C/C=C\C/C=C\CC. The van der Waals surface area contributed by atoms with E-state index >= 15 is 0 Å². The Bertz CT molecular complexity index is 1330. The summed E-state index contributed by atoms with van der Waals surface area (Å²) in [5.41, 5.74) is 0. The minimum absolute atomic E-state index is 0.102. The molecule has 0 aromatic carbocycles. The fraction of sp³-hybridized carbons (Fsp3) is 0.632. The quantitative estimate of drug-likeness (QED) is 0.0263. The molecule has 0 saturated carbocycles. The topological polar surface area (TPSA) is 78.9 Å². The molecule has 0 bridgehead atoms. The first-order valence-electron chi connectivity index (χ1n) is 25.4. The summed E-state index contributed by atoms with van der Waals surface area (Å²) >= 11 is 0. The fourth-order valence-corrected chi connectivity index (χ4v) is 6.46. The minimum Gasteiger partial charge on any atom is -0.462 e. The summed E-state index contributed by atoms with van der Waals surface area (Å²) in [6.07, 6.45) is 67.8. The predicted molar refractivity (Wildman–Crippen MR) is 270 cm³/mol. The van der Waals surface area contributed by atoms with E-state index in [1.54, 1.807) is 0 Å². The Morgan fingerprint density at radius 3 is 1.00 bits per heavy atom. The summed E-state index contributed by atoms with van der Waals surface area (Å²) in [4.78, 5) is 37.9. The van der Waals surface area contributed by atoms with Gasteiger partial charge >= 0.3 is 17.9 Å². The Morgan fingerprint density at radius 1 is 0.333 bits per heavy atom. The third-order valence-electron chi connectivity index (χ3n) is 10.2. The first-order chi connectivity index (χ1) is 31.0. The molecule has 0 spiro atoms. The summed E-state index contributed by atoms with van der Waals surface area (Å²) in [6.45, 7) is 6.30. The maximum atomic E-state index is 12.8. The maximum Gasteiger partial charge on any atom is 0.306 e. The molecule has 6 heteroatoms. The van der Waals surface area contributed by atoms with E-state index in [-0.39, 0.29) is 31.1 Å². The van der Waals surface area contributed by atoms with Gasteiger partial charge in [0.05, 0.1) is 0 Å². The first-order valence-corrected chi connectivity index (χ1v) is 25.4. The van der Waals surface area contributed by atoms with Gasteiger partial charge in [-0.3, -0.25) is 14.4 Å². The third-order valence-corrected chi connectivity index (χ3v) is 10.2. The molecular weight excluding hydrogens is 781 g/mol. The van der Waals surface area contributed by atoms with Gasteiger partial charge in [0.25, 0.3) is 0 Å². The highest BCUT2D eigenvalue weighted by Crippen LogP contribution is 2.13. The van der Waals surface area contributed by atoms with Crippen molar-refractivity contribution in [2.75, 3.05) is 13.2 Å². The van der Waals surface area contributed by atoms with Crippen LogP contribution in [-0.4, -0.2) is 37.2 Å². The van der Waals surface area contributed by atoms with Crippen molar-refractivity contribution in [2.45, 2.75) is 219 Å². The zero-order chi connectivity index (χ0) is 45.8. The van der Waals surface area contributed by atoms with Crippen LogP contribution < -0.4 is 0 Å². The molecule has 0 heterocycles. The molecule has 63 heavy (non-hydrogen) atoms. The molecular formula is C57H92O6. The number of carbonyl (C=O) groups is 3. The van der Waals surface area contributed by atoms with E-state index in [0.29, 0.717) is 19.3 Å². The number of carbonyl (C=O) groups excluding carboxylic acids is 3. The normalized spacial score (nSPS) is 13.0. The molecule has 0 radical (unpaired) electrons. The van der Waals surface area contributed by atoms with Crippen molar-refractivity contribution in [1.29, 1.82) is 0 Å². The highest BCUT2D eigenvalue weighted by Gasteiger charge is 2.19. The monoisotopic (exact) mass is 873 g/mol. The van der Waals surface area contributed by atoms with Crippen LogP contribution in [0.15, 0.2) is 109 Å². The average molecular weight is 873 g/mol. The van der Waals surface area contributed by atoms with Crippen molar-refractivity contribution in [3.63, 3.8) is 0 Å². The second-order valence-corrected chi connectivity index (χ2v) is 16.3. The van der Waals surface area contributed by atoms with E-state index < -0.39 is 6.10 Å². The van der Waals surface area contributed by atoms with Gasteiger partial charge in [-0.1, -0.05) is 188 Å². The van der Waals surface area contributed by atoms with Gasteiger partial charge in [0, 0.05) is 19.3 Å². The molecule has 0 aliphatic heterocycles. The highest BCUT2D eigenvalue weighted by atomic mass is 16.6. The Balaban J connectivity index is 4.48. The maximum absolute atomic E-state index is 12.8. The molecule has 1 atom stereocenters. The van der Waals surface area contributed by atoms with Crippen molar-refractivity contribution in [3.05, 3.63) is 109 Å². The Labute approximate surface area is 387 Å². The lowest BCUT2D eigenvalue weighted by Crippen LogP contribution is -2.30. The zero-order valence-electron chi connectivity index (χ0n) is 40.5. The van der Waals surface area contributed by atoms with Gasteiger partial charge in [-0.25, -0.2) is 0 Å². The van der Waals surface area contributed by atoms with Gasteiger partial charge in [-0.15, -0.1) is 0 Å². The van der Waals surface area contributed by atoms with Crippen molar-refractivity contribution in [2.24, 2.45) is 0 Å². The molecule has 0 fully saturated rings. The van der Waals surface area contributed by atoms with Gasteiger partial charge in [0.1, 0.15) is 13.2 Å². The van der Waals surface area contributed by atoms with Crippen molar-refractivity contribution in [3.8, 4) is 0 Å². The van der Waals surface area contributed by atoms with Gasteiger partial charge in [0.2, 0.25) is 0 Å². The van der Waals surface area contributed by atoms with Crippen LogP contribution in [0.5, 0.6) is 0 Å². The van der Waals surface area contributed by atoms with E-state index in [2.05, 4.69) is 130 Å². The Kier molecular flexibility index (Phi) is 47.5. The van der Waals surface area contributed by atoms with E-state index in [9.17, 15) is 14.4 Å². The molecule has 0 N–H and O–H groups in total. The van der Waals surface area contributed by atoms with Crippen LogP contribution in [0.2, 0.25) is 0 Å². The molecule has 1 unspecified atom stereocenters. The second kappa shape index (κ2) is 50.7. The molecule has 0 rings (SSSR count). The molecule has 0 amide bonds. The number of unbranched alkanes of at least 4 members (excludes halogenated alkanes) is 15. The van der Waals surface area contributed by atoms with Crippen LogP contribution in [0.1, 0.15) is 213 Å². The minimum atomic E-state index is -0.805. The van der Waals surface area contributed by atoms with Crippen molar-refractivity contribution < 1.29 is 28.6 Å². The largest absolute Gasteiger partial charge is 0.462 e. The van der Waals surface area contributed by atoms with Crippen LogP contribution in [0, 0.1) is 0 Å². The van der Waals surface area contributed by atoms with Gasteiger partial charge in [0.15, 0.2) is 6.10 Å². The number of ether oxygens (including phenoxy) is 3. The van der Waals surface area contributed by atoms with Crippen LogP contribution in [-0.2, 0) is 28.6 Å². The molecule has 0 aliphatic rings. The highest BCUT2D eigenvalue weighted by molar-refractivity contribution is 5.71. The van der Waals surface area contributed by atoms with Crippen LogP contribution >= 0.6 is 0 Å². The van der Waals surface area contributed by atoms with E-state index in [1.165, 1.54) is 25.7 Å². The summed E-state index contributed by atoms with van der Waals surface area (Å²) in [7, 11) is 0. The van der Waals surface area contributed by atoms with Crippen molar-refractivity contribution in [1.82, 2.24) is 0 Å². The Hall–Kier alpha value is -3.93. The number of rotatable bonds is 44. The second-order valence-electron chi connectivity index (χ2n) is 16.3. The van der Waals surface area contributed by atoms with Gasteiger partial charge in [-0.05, 0) is 116 Å². The fourth-order valence-electron chi connectivity index (χ4n) is 6.46. The number of hydrogen-bond donors (Lipinski definition) is 0. The molecule has 0 saturated heterocycles. The standard InChI is InChI=1S/C57H92O6/c1-4-7-10-13-16-19-22-24-26-27-28-29-31-32-35-38-41-44-47-50-56(59)62-53-54(52-61-55(58)49-46-43-40-37-34-21-18-15-12-9-6-3)63-57(60)51-48-45-42-39-36-33-30-25-23-20-17-14-11-8-5-2/h7-8,10-11,15-20,24-26,28-30,32,35,54H,4-6,9,12-14,21-23,27,31,33-34,36-53H2,1-3H3/b10-7-,11-8-,18-15-,19-16-,20-17-,26-24-,29-28-,30-25-,35-32-. The van der Waals surface area contributed by atoms with Gasteiger partial charge < -0.3 is 14.2 Å². The van der Waals surface area contributed by atoms with E-state index in [4.69, 9.17) is 14.2 Å². The molecule has 0 aliphatic carbocycles. The van der Waals surface area contributed by atoms with Crippen molar-refractivity contribution >= 4 is 17.9 Å². The summed E-state index contributed by atoms with van der Waals surface area (Å²) < 4.78 is 16.7. The molecule has 0 aromatic rings. The average Bonchev–Trinajstić information content (AvgIpc) is 3.28. The van der Waals surface area contributed by atoms with E-state index in [1.807, 2.05) is 0 Å². The molecule has 356 valence electrons. The smallest absolute Gasteiger partial charge is 0.306 e. The first kappa shape index (κ1) is 59.1. The molecule has 0 aromatic heterocycles. The van der Waals surface area contributed by atoms with E-state index in [0.717, 1.165) is 148 Å². The predicted octanol–water partition coefficient (Wildman–Crippen LogP) is 16.8. The van der Waals surface area contributed by atoms with Crippen LogP contribution in [0.25, 0.3) is 0 Å². The zero-order valence-corrected chi connectivity index (χ0v) is 40.5. The lowest BCUT2D eigenvalue weighted by molar-refractivity contribution is -0.167. The number of allylic oxidation sites excluding steroid dienone is 18. The summed E-state index contributed by atoms with van der Waals surface area (Å²) in [5.74, 6) is -0.969. The lowest BCUT2D eigenvalue weighted by Gasteiger charge is -2.18. The molecule has 6 nitrogen and oxygen atoms in total. The van der Waals surface area contributed by atoms with Gasteiger partial charge in [-0.2, -0.15) is 0 Å². The number of hydrogen-bond acceptors (Lipinski definition) is 6. The summed E-state index contributed by atoms with van der Waals surface area (Å²) in [6, 6.07) is 0. The lowest BCUT2D eigenvalue weighted by atomic mass is 10.1. The number of esters is 3. The Morgan fingerprint density at radius 2 is 0.619 bits per heavy atom. The summed E-state index contributed by atoms with van der Waals surface area (Å²) in [5, 5.41) is 0. The van der Waals surface area contributed by atoms with Crippen LogP contribution in [0.4, 0.5) is 0 Å².